The third kappa shape index (κ3) is 3.31. The Morgan fingerprint density at radius 1 is 1.09 bits per heavy atom. The fraction of sp³-hybridized carbons (Fsp3) is 0.423. The number of carbonyl (C=O) groups is 2. The van der Waals surface area contributed by atoms with Crippen LogP contribution in [0, 0.1) is 5.92 Å². The molecule has 1 saturated heterocycles. The van der Waals surface area contributed by atoms with Crippen molar-refractivity contribution >= 4 is 23.2 Å². The smallest absolute Gasteiger partial charge is 0.338 e. The van der Waals surface area contributed by atoms with E-state index in [0.29, 0.717) is 17.9 Å². The maximum atomic E-state index is 13.7. The Kier molecular flexibility index (Phi) is 4.67. The predicted octanol–water partition coefficient (Wildman–Crippen LogP) is 3.54. The number of ether oxygens (including phenoxy) is 1. The lowest BCUT2D eigenvalue weighted by Crippen LogP contribution is -2.49. The number of thiophene rings is 1. The summed E-state index contributed by atoms with van der Waals surface area (Å²) in [6.07, 6.45) is 4.44. The largest absolute Gasteiger partial charge is 0.457 e. The van der Waals surface area contributed by atoms with E-state index in [0.717, 1.165) is 73.0 Å². The molecular formula is C26H26N4O3S. The van der Waals surface area contributed by atoms with Crippen molar-refractivity contribution < 1.29 is 14.3 Å². The van der Waals surface area contributed by atoms with E-state index in [4.69, 9.17) is 9.84 Å². The quantitative estimate of drug-likeness (QED) is 0.541. The molecule has 34 heavy (non-hydrogen) atoms. The molecule has 2 aliphatic heterocycles. The number of esters is 1. The van der Waals surface area contributed by atoms with Gasteiger partial charge in [-0.25, -0.2) is 9.48 Å². The minimum atomic E-state index is -0.297. The van der Waals surface area contributed by atoms with Gasteiger partial charge in [0.25, 0.3) is 5.91 Å². The Morgan fingerprint density at radius 3 is 2.76 bits per heavy atom. The molecule has 0 spiro atoms. The molecule has 1 amide bonds. The summed E-state index contributed by atoms with van der Waals surface area (Å²) in [5, 5.41) is 7.02. The van der Waals surface area contributed by atoms with Gasteiger partial charge in [-0.1, -0.05) is 6.07 Å². The summed E-state index contributed by atoms with van der Waals surface area (Å²) in [4.78, 5) is 31.7. The molecule has 4 heterocycles. The maximum absolute atomic E-state index is 13.7. The van der Waals surface area contributed by atoms with Gasteiger partial charge in [-0.2, -0.15) is 5.10 Å². The van der Waals surface area contributed by atoms with E-state index < -0.39 is 0 Å². The van der Waals surface area contributed by atoms with Crippen molar-refractivity contribution in [1.82, 2.24) is 19.6 Å². The average molecular weight is 475 g/mol. The zero-order chi connectivity index (χ0) is 22.8. The summed E-state index contributed by atoms with van der Waals surface area (Å²) in [6.45, 7) is 4.87. The van der Waals surface area contributed by atoms with Gasteiger partial charge in [0.1, 0.15) is 6.61 Å². The van der Waals surface area contributed by atoms with E-state index >= 15 is 0 Å². The van der Waals surface area contributed by atoms with E-state index in [2.05, 4.69) is 16.3 Å². The standard InChI is InChI=1S/C26H26N4O3S/c31-25(29-10-8-28(9-11-29)14-16-1-2-16)23-20-5-6-22-19(7-12-34-22)24(20)30(27-23)18-4-3-17-15-33-26(32)21(17)13-18/h3-4,7,12-13,16H,1-2,5-6,8-11,14-15H2. The van der Waals surface area contributed by atoms with E-state index in [9.17, 15) is 9.59 Å². The molecule has 0 radical (unpaired) electrons. The molecule has 8 heteroatoms. The molecule has 3 aromatic rings. The molecule has 2 aliphatic carbocycles. The molecule has 1 saturated carbocycles. The Balaban J connectivity index is 1.26. The SMILES string of the molecule is O=C1OCc2ccc(-n3nc(C(=O)N4CCN(CC5CC5)CC4)c4c3-c3ccsc3CC4)cc21. The molecule has 0 N–H and O–H groups in total. The molecular weight excluding hydrogens is 448 g/mol. The third-order valence-electron chi connectivity index (χ3n) is 7.58. The lowest BCUT2D eigenvalue weighted by Gasteiger charge is -2.34. The number of hydrogen-bond acceptors (Lipinski definition) is 6. The molecule has 2 aromatic heterocycles. The van der Waals surface area contributed by atoms with Gasteiger partial charge >= 0.3 is 5.97 Å². The molecule has 0 bridgehead atoms. The van der Waals surface area contributed by atoms with Crippen LogP contribution in [0.15, 0.2) is 29.6 Å². The lowest BCUT2D eigenvalue weighted by atomic mass is 9.94. The molecule has 0 unspecified atom stereocenters. The summed E-state index contributed by atoms with van der Waals surface area (Å²) in [5.41, 5.74) is 6.00. The summed E-state index contributed by atoms with van der Waals surface area (Å²) in [5.74, 6) is 0.601. The number of piperazine rings is 1. The van der Waals surface area contributed by atoms with Gasteiger partial charge in [0.15, 0.2) is 5.69 Å². The topological polar surface area (TPSA) is 67.7 Å². The minimum absolute atomic E-state index is 0.0281. The highest BCUT2D eigenvalue weighted by atomic mass is 32.1. The number of aryl methyl sites for hydroxylation is 1. The third-order valence-corrected chi connectivity index (χ3v) is 8.56. The van der Waals surface area contributed by atoms with Crippen LogP contribution in [0.2, 0.25) is 0 Å². The van der Waals surface area contributed by atoms with Gasteiger partial charge < -0.3 is 9.64 Å². The fourth-order valence-corrected chi connectivity index (χ4v) is 6.37. The molecule has 174 valence electrons. The number of benzene rings is 1. The second-order valence-corrected chi connectivity index (χ2v) is 10.8. The average Bonchev–Trinajstić information content (AvgIpc) is 3.25. The van der Waals surface area contributed by atoms with Crippen LogP contribution in [-0.2, 0) is 24.2 Å². The summed E-state index contributed by atoms with van der Waals surface area (Å²) in [7, 11) is 0. The van der Waals surface area contributed by atoms with Gasteiger partial charge in [-0.05, 0) is 55.2 Å². The summed E-state index contributed by atoms with van der Waals surface area (Å²) < 4.78 is 7.08. The van der Waals surface area contributed by atoms with Gasteiger partial charge in [0.2, 0.25) is 0 Å². The highest BCUT2D eigenvalue weighted by Crippen LogP contribution is 2.40. The first kappa shape index (κ1) is 20.4. The van der Waals surface area contributed by atoms with E-state index in [1.165, 1.54) is 24.3 Å². The van der Waals surface area contributed by atoms with E-state index in [-0.39, 0.29) is 11.9 Å². The van der Waals surface area contributed by atoms with Crippen molar-refractivity contribution in [2.45, 2.75) is 32.3 Å². The van der Waals surface area contributed by atoms with Crippen LogP contribution >= 0.6 is 11.3 Å². The van der Waals surface area contributed by atoms with Gasteiger partial charge in [-0.15, -0.1) is 11.3 Å². The highest BCUT2D eigenvalue weighted by molar-refractivity contribution is 7.10. The first-order valence-electron chi connectivity index (χ1n) is 12.2. The van der Waals surface area contributed by atoms with Crippen molar-refractivity contribution in [3.05, 3.63) is 56.9 Å². The van der Waals surface area contributed by atoms with Crippen LogP contribution < -0.4 is 0 Å². The van der Waals surface area contributed by atoms with Crippen LogP contribution in [-0.4, -0.2) is 64.2 Å². The molecule has 7 nitrogen and oxygen atoms in total. The van der Waals surface area contributed by atoms with Crippen LogP contribution in [0.3, 0.4) is 0 Å². The van der Waals surface area contributed by atoms with Gasteiger partial charge in [-0.3, -0.25) is 9.69 Å². The van der Waals surface area contributed by atoms with Crippen molar-refractivity contribution in [3.63, 3.8) is 0 Å². The monoisotopic (exact) mass is 474 g/mol. The van der Waals surface area contributed by atoms with Crippen molar-refractivity contribution in [2.75, 3.05) is 32.7 Å². The number of cyclic esters (lactones) is 1. The van der Waals surface area contributed by atoms with Crippen LogP contribution in [0.1, 0.15) is 49.7 Å². The Hall–Kier alpha value is -2.97. The molecule has 7 rings (SSSR count). The van der Waals surface area contributed by atoms with Crippen LogP contribution in [0.5, 0.6) is 0 Å². The first-order chi connectivity index (χ1) is 16.7. The first-order valence-corrected chi connectivity index (χ1v) is 13.0. The Bertz CT molecular complexity index is 1310. The summed E-state index contributed by atoms with van der Waals surface area (Å²) >= 11 is 1.75. The highest BCUT2D eigenvalue weighted by Gasteiger charge is 2.34. The van der Waals surface area contributed by atoms with Gasteiger partial charge in [0.05, 0.1) is 16.9 Å². The van der Waals surface area contributed by atoms with Crippen LogP contribution in [0.4, 0.5) is 0 Å². The van der Waals surface area contributed by atoms with Crippen molar-refractivity contribution in [2.24, 2.45) is 5.92 Å². The van der Waals surface area contributed by atoms with E-state index in [1.807, 2.05) is 27.8 Å². The number of fused-ring (bicyclic) bond motifs is 4. The predicted molar refractivity (Wildman–Crippen MR) is 128 cm³/mol. The second-order valence-electron chi connectivity index (χ2n) is 9.80. The van der Waals surface area contributed by atoms with Crippen LogP contribution in [0.25, 0.3) is 16.9 Å². The Labute approximate surface area is 201 Å². The minimum Gasteiger partial charge on any atom is -0.457 e. The molecule has 1 aromatic carbocycles. The van der Waals surface area contributed by atoms with Gasteiger partial charge in [0, 0.05) is 54.3 Å². The number of hydrogen-bond donors (Lipinski definition) is 0. The zero-order valence-electron chi connectivity index (χ0n) is 19.0. The number of amides is 1. The number of aromatic nitrogens is 2. The summed E-state index contributed by atoms with van der Waals surface area (Å²) in [6, 6.07) is 7.88. The van der Waals surface area contributed by atoms with Crippen molar-refractivity contribution in [3.8, 4) is 16.9 Å². The second kappa shape index (κ2) is 7.78. The van der Waals surface area contributed by atoms with Crippen molar-refractivity contribution in [1.29, 1.82) is 0 Å². The zero-order valence-corrected chi connectivity index (χ0v) is 19.8. The number of carbonyl (C=O) groups excluding carboxylic acids is 2. The lowest BCUT2D eigenvalue weighted by molar-refractivity contribution is 0.0534. The number of rotatable bonds is 4. The Morgan fingerprint density at radius 2 is 1.94 bits per heavy atom. The maximum Gasteiger partial charge on any atom is 0.338 e. The molecule has 4 aliphatic rings. The fourth-order valence-electron chi connectivity index (χ4n) is 5.49. The normalized spacial score (nSPS) is 19.5. The molecule has 2 fully saturated rings. The van der Waals surface area contributed by atoms with E-state index in [1.54, 1.807) is 11.3 Å². The number of nitrogens with zero attached hydrogens (tertiary/aromatic N) is 4. The molecule has 0 atom stereocenters.